The van der Waals surface area contributed by atoms with E-state index in [1.165, 1.54) is 17.3 Å². The molecular formula is C36H40N4O3S. The van der Waals surface area contributed by atoms with Crippen LogP contribution in [0.4, 0.5) is 0 Å². The molecule has 8 heteroatoms. The molecule has 2 aromatic carbocycles. The molecule has 0 spiro atoms. The number of rotatable bonds is 6. The van der Waals surface area contributed by atoms with Crippen LogP contribution in [0.3, 0.4) is 0 Å². The second-order valence-corrected chi connectivity index (χ2v) is 13.6. The van der Waals surface area contributed by atoms with E-state index in [0.29, 0.717) is 47.1 Å². The smallest absolute Gasteiger partial charge is 0.208 e. The van der Waals surface area contributed by atoms with Gasteiger partial charge in [0, 0.05) is 40.3 Å². The minimum absolute atomic E-state index is 0.0173. The molecule has 3 aliphatic rings. The van der Waals surface area contributed by atoms with Gasteiger partial charge in [0.1, 0.15) is 0 Å². The lowest BCUT2D eigenvalue weighted by Gasteiger charge is -2.44. The Morgan fingerprint density at radius 2 is 1.86 bits per heavy atom. The highest BCUT2D eigenvalue weighted by molar-refractivity contribution is 7.99. The largest absolute Gasteiger partial charge is 0.393 e. The molecule has 0 amide bonds. The Labute approximate surface area is 263 Å². The number of allylic oxidation sites excluding steroid dienone is 2. The standard InChI is InChI=1S/C36H40N4O3S/c1-24-7-6-17-35(2)31(14-18-36(35,43)23-44-34-38-33(39-40-34)27-15-19-37-20-16-27)29-13-11-25(21-28(41)12-10-24)22-30(29)32(42)26-8-4-3-5-9-26/h3-5,7-9,11,13,15-16,19-20,22,28,31,41,43H,6,10,12,14,17-18,21,23H2,1-2H3,(H,38,39,40). The first kappa shape index (κ1) is 30.4. The molecule has 4 atom stereocenters. The number of pyridine rings is 1. The first-order valence-corrected chi connectivity index (χ1v) is 16.5. The SMILES string of the molecule is CC1=CCCC2(C)C(CCC2(O)CSc2n[nH]c(-c3ccncc3)n2)c2ccc(cc2C(=O)c2ccccc2)CC(O)CC1. The molecule has 0 saturated heterocycles. The molecule has 7 rings (SSSR count). The predicted octanol–water partition coefficient (Wildman–Crippen LogP) is 6.93. The Kier molecular flexibility index (Phi) is 8.85. The summed E-state index contributed by atoms with van der Waals surface area (Å²) in [6, 6.07) is 19.3. The van der Waals surface area contributed by atoms with Crippen molar-refractivity contribution < 1.29 is 15.0 Å². The van der Waals surface area contributed by atoms with Crippen molar-refractivity contribution in [1.82, 2.24) is 20.2 Å². The van der Waals surface area contributed by atoms with Gasteiger partial charge in [-0.15, -0.1) is 5.10 Å². The number of nitrogens with one attached hydrogen (secondary N) is 1. The molecule has 7 nitrogen and oxygen atoms in total. The fourth-order valence-electron chi connectivity index (χ4n) is 7.05. The Morgan fingerprint density at radius 1 is 1.07 bits per heavy atom. The summed E-state index contributed by atoms with van der Waals surface area (Å²) in [6.07, 6.45) is 10.2. The molecule has 0 aliphatic heterocycles. The molecule has 228 valence electrons. The number of hydrogen-bond acceptors (Lipinski definition) is 7. The van der Waals surface area contributed by atoms with E-state index >= 15 is 0 Å². The Hall–Kier alpha value is -3.59. The summed E-state index contributed by atoms with van der Waals surface area (Å²) in [5.74, 6) is 1.08. The van der Waals surface area contributed by atoms with Crippen LogP contribution in [0.1, 0.15) is 85.3 Å². The summed E-state index contributed by atoms with van der Waals surface area (Å²) in [6.45, 7) is 4.33. The monoisotopic (exact) mass is 608 g/mol. The predicted molar refractivity (Wildman–Crippen MR) is 174 cm³/mol. The van der Waals surface area contributed by atoms with Crippen LogP contribution >= 0.6 is 11.8 Å². The Morgan fingerprint density at radius 3 is 2.66 bits per heavy atom. The van der Waals surface area contributed by atoms with Gasteiger partial charge in [0.15, 0.2) is 11.6 Å². The zero-order valence-electron chi connectivity index (χ0n) is 25.4. The Bertz CT molecular complexity index is 1640. The van der Waals surface area contributed by atoms with E-state index in [1.54, 1.807) is 12.4 Å². The summed E-state index contributed by atoms with van der Waals surface area (Å²) in [5, 5.41) is 31.4. The number of ketones is 1. The van der Waals surface area contributed by atoms with Gasteiger partial charge >= 0.3 is 0 Å². The van der Waals surface area contributed by atoms with E-state index in [1.807, 2.05) is 48.5 Å². The van der Waals surface area contributed by atoms with Gasteiger partial charge in [-0.2, -0.15) is 0 Å². The van der Waals surface area contributed by atoms with Gasteiger partial charge in [0.25, 0.3) is 0 Å². The molecular weight excluding hydrogens is 568 g/mol. The number of carbonyl (C=O) groups is 1. The minimum atomic E-state index is -0.999. The van der Waals surface area contributed by atoms with E-state index in [-0.39, 0.29) is 11.7 Å². The highest BCUT2D eigenvalue weighted by atomic mass is 32.2. The van der Waals surface area contributed by atoms with Gasteiger partial charge in [-0.1, -0.05) is 72.8 Å². The molecule has 4 unspecified atom stereocenters. The normalized spacial score (nSPS) is 25.7. The van der Waals surface area contributed by atoms with Crippen molar-refractivity contribution >= 4 is 17.5 Å². The van der Waals surface area contributed by atoms with Crippen LogP contribution in [0.15, 0.2) is 89.9 Å². The molecule has 4 aromatic rings. The summed E-state index contributed by atoms with van der Waals surface area (Å²) in [7, 11) is 0. The second-order valence-electron chi connectivity index (χ2n) is 12.6. The Balaban J connectivity index is 1.36. The number of fused-ring (bicyclic) bond motifs is 8. The lowest BCUT2D eigenvalue weighted by Crippen LogP contribution is -2.46. The number of thioether (sulfide) groups is 1. The summed E-state index contributed by atoms with van der Waals surface area (Å²) < 4.78 is 0. The average molecular weight is 609 g/mol. The molecule has 2 bridgehead atoms. The summed E-state index contributed by atoms with van der Waals surface area (Å²) >= 11 is 1.47. The molecule has 1 saturated carbocycles. The van der Waals surface area contributed by atoms with Gasteiger partial charge in [0.05, 0.1) is 11.7 Å². The van der Waals surface area contributed by atoms with Crippen molar-refractivity contribution in [3.63, 3.8) is 0 Å². The van der Waals surface area contributed by atoms with Crippen LogP contribution in [-0.2, 0) is 6.42 Å². The van der Waals surface area contributed by atoms with E-state index in [2.05, 4.69) is 52.2 Å². The van der Waals surface area contributed by atoms with Crippen molar-refractivity contribution in [3.8, 4) is 11.4 Å². The number of aliphatic hydroxyl groups excluding tert-OH is 1. The number of hydrogen-bond donors (Lipinski definition) is 3. The second kappa shape index (κ2) is 12.8. The van der Waals surface area contributed by atoms with Crippen molar-refractivity contribution in [2.45, 2.75) is 81.6 Å². The third kappa shape index (κ3) is 6.16. The van der Waals surface area contributed by atoms with Gasteiger partial charge in [-0.3, -0.25) is 14.9 Å². The van der Waals surface area contributed by atoms with Gasteiger partial charge < -0.3 is 10.2 Å². The number of aromatic nitrogens is 4. The molecule has 1 fully saturated rings. The van der Waals surface area contributed by atoms with Crippen LogP contribution in [0.5, 0.6) is 0 Å². The summed E-state index contributed by atoms with van der Waals surface area (Å²) in [4.78, 5) is 22.8. The zero-order chi connectivity index (χ0) is 30.7. The van der Waals surface area contributed by atoms with Gasteiger partial charge in [0.2, 0.25) is 5.16 Å². The molecule has 3 N–H and O–H groups in total. The fraction of sp³-hybridized carbons (Fsp3) is 0.389. The van der Waals surface area contributed by atoms with Crippen molar-refractivity contribution in [2.75, 3.05) is 5.75 Å². The highest BCUT2D eigenvalue weighted by Gasteiger charge is 2.56. The molecule has 44 heavy (non-hydrogen) atoms. The first-order chi connectivity index (χ1) is 21.3. The van der Waals surface area contributed by atoms with Gasteiger partial charge in [-0.05, 0) is 87.1 Å². The maximum Gasteiger partial charge on any atom is 0.208 e. The quantitative estimate of drug-likeness (QED) is 0.124. The van der Waals surface area contributed by atoms with Crippen LogP contribution in [0.25, 0.3) is 11.4 Å². The highest BCUT2D eigenvalue weighted by Crippen LogP contribution is 2.59. The lowest BCUT2D eigenvalue weighted by molar-refractivity contribution is -0.0422. The van der Waals surface area contributed by atoms with Crippen LogP contribution in [-0.4, -0.2) is 53.6 Å². The number of aliphatic hydroxyl groups is 2. The fourth-order valence-corrected chi connectivity index (χ4v) is 8.16. The number of H-pyrrole nitrogens is 1. The maximum absolute atomic E-state index is 14.0. The van der Waals surface area contributed by atoms with Crippen molar-refractivity contribution in [1.29, 1.82) is 0 Å². The van der Waals surface area contributed by atoms with E-state index < -0.39 is 17.1 Å². The average Bonchev–Trinajstić information content (AvgIpc) is 3.62. The molecule has 2 heterocycles. The van der Waals surface area contributed by atoms with E-state index in [0.717, 1.165) is 42.4 Å². The number of benzene rings is 2. The number of carbonyl (C=O) groups excluding carboxylic acids is 1. The number of aromatic amines is 1. The van der Waals surface area contributed by atoms with Crippen LogP contribution in [0.2, 0.25) is 0 Å². The molecule has 2 aromatic heterocycles. The summed E-state index contributed by atoms with van der Waals surface area (Å²) in [5.41, 5.74) is 3.93. The van der Waals surface area contributed by atoms with Gasteiger partial charge in [-0.25, -0.2) is 4.98 Å². The molecule has 0 radical (unpaired) electrons. The topological polar surface area (TPSA) is 112 Å². The first-order valence-electron chi connectivity index (χ1n) is 15.5. The van der Waals surface area contributed by atoms with E-state index in [4.69, 9.17) is 0 Å². The maximum atomic E-state index is 14.0. The third-order valence-corrected chi connectivity index (χ3v) is 10.9. The van der Waals surface area contributed by atoms with Crippen LogP contribution in [0, 0.1) is 5.41 Å². The van der Waals surface area contributed by atoms with Crippen LogP contribution < -0.4 is 0 Å². The molecule has 3 aliphatic carbocycles. The lowest BCUT2D eigenvalue weighted by atomic mass is 9.65. The van der Waals surface area contributed by atoms with E-state index in [9.17, 15) is 15.0 Å². The number of nitrogens with zero attached hydrogens (tertiary/aromatic N) is 3. The van der Waals surface area contributed by atoms with Crippen molar-refractivity contribution in [2.24, 2.45) is 5.41 Å². The zero-order valence-corrected chi connectivity index (χ0v) is 26.2. The minimum Gasteiger partial charge on any atom is -0.393 e. The van der Waals surface area contributed by atoms with Crippen molar-refractivity contribution in [3.05, 3.63) is 107 Å². The third-order valence-electron chi connectivity index (χ3n) is 9.81.